The first-order valence-electron chi connectivity index (χ1n) is 11.2. The fraction of sp³-hybridized carbons (Fsp3) is 0.619. The number of nitrogens with one attached hydrogen (secondary N) is 3. The van der Waals surface area contributed by atoms with Crippen LogP contribution in [0.4, 0.5) is 18.9 Å². The van der Waals surface area contributed by atoms with E-state index >= 15 is 0 Å². The van der Waals surface area contributed by atoms with E-state index in [9.17, 15) is 22.8 Å². The highest BCUT2D eigenvalue weighted by Gasteiger charge is 2.40. The topological polar surface area (TPSA) is 130 Å². The minimum Gasteiger partial charge on any atom is -0.368 e. The largest absolute Gasteiger partial charge is 0.417 e. The van der Waals surface area contributed by atoms with Gasteiger partial charge in [0.1, 0.15) is 11.7 Å². The first-order chi connectivity index (χ1) is 15.9. The van der Waals surface area contributed by atoms with Crippen molar-refractivity contribution >= 4 is 23.5 Å². The molecule has 2 aliphatic rings. The summed E-state index contributed by atoms with van der Waals surface area (Å²) in [4.78, 5) is 29.5. The zero-order valence-corrected chi connectivity index (χ0v) is 19.5. The molecule has 1 unspecified atom stereocenters. The van der Waals surface area contributed by atoms with Gasteiger partial charge in [-0.1, -0.05) is 0 Å². The Hall–Kier alpha value is -3.09. The van der Waals surface area contributed by atoms with Gasteiger partial charge in [0.15, 0.2) is 0 Å². The van der Waals surface area contributed by atoms with Gasteiger partial charge in [0.05, 0.1) is 23.2 Å². The van der Waals surface area contributed by atoms with Crippen LogP contribution in [0.2, 0.25) is 0 Å². The molecule has 3 rings (SSSR count). The highest BCUT2D eigenvalue weighted by molar-refractivity contribution is 5.95. The van der Waals surface area contributed by atoms with Gasteiger partial charge in [0.25, 0.3) is 0 Å². The molecule has 2 aliphatic heterocycles. The average molecular weight is 485 g/mol. The number of anilines is 1. The van der Waals surface area contributed by atoms with Crippen molar-refractivity contribution in [1.29, 1.82) is 0 Å². The number of guanidine groups is 1. The maximum atomic E-state index is 13.5. The Morgan fingerprint density at radius 2 is 2.06 bits per heavy atom. The number of nitrogens with two attached hydrogens (primary N) is 1. The molecule has 0 aliphatic carbocycles. The summed E-state index contributed by atoms with van der Waals surface area (Å²) in [5.41, 5.74) is 4.47. The second kappa shape index (κ2) is 10.0. The molecule has 1 fully saturated rings. The van der Waals surface area contributed by atoms with E-state index in [2.05, 4.69) is 26.0 Å². The number of rotatable bonds is 8. The van der Waals surface area contributed by atoms with Gasteiger partial charge < -0.3 is 21.3 Å². The van der Waals surface area contributed by atoms with Gasteiger partial charge in [-0.2, -0.15) is 18.3 Å². The first kappa shape index (κ1) is 25.5. The molecule has 1 atom stereocenters. The number of carbonyl (C=O) groups excluding carboxylic acids is 2. The molecule has 0 bridgehead atoms. The number of halogens is 3. The first-order valence-corrected chi connectivity index (χ1v) is 11.2. The fourth-order valence-electron chi connectivity index (χ4n) is 3.64. The summed E-state index contributed by atoms with van der Waals surface area (Å²) in [6, 6.07) is 0. The summed E-state index contributed by atoms with van der Waals surface area (Å²) < 4.78 is 42.0. The lowest BCUT2D eigenvalue weighted by Gasteiger charge is -2.28. The lowest BCUT2D eigenvalue weighted by molar-refractivity contribution is -0.133. The summed E-state index contributed by atoms with van der Waals surface area (Å²) in [6.07, 6.45) is -0.625. The van der Waals surface area contributed by atoms with E-state index in [4.69, 9.17) is 5.73 Å². The minimum atomic E-state index is -4.57. The molecular weight excluding hydrogens is 453 g/mol. The predicted octanol–water partition coefficient (Wildman–Crippen LogP) is 1.55. The second-order valence-electron chi connectivity index (χ2n) is 8.89. The molecule has 5 N–H and O–H groups in total. The number of alkyl halides is 3. The molecule has 0 spiro atoms. The number of carbonyl (C=O) groups is 2. The third-order valence-electron chi connectivity index (χ3n) is 5.94. The van der Waals surface area contributed by atoms with Crippen molar-refractivity contribution < 1.29 is 22.8 Å². The zero-order valence-electron chi connectivity index (χ0n) is 19.5. The lowest BCUT2D eigenvalue weighted by atomic mass is 10.1. The number of piperidine rings is 1. The van der Waals surface area contributed by atoms with Crippen LogP contribution in [0.1, 0.15) is 45.2 Å². The van der Waals surface area contributed by atoms with Gasteiger partial charge in [0, 0.05) is 25.7 Å². The molecule has 0 aromatic carbocycles. The van der Waals surface area contributed by atoms with E-state index in [0.29, 0.717) is 37.3 Å². The van der Waals surface area contributed by atoms with E-state index < -0.39 is 29.4 Å². The molecule has 2 amide bonds. The van der Waals surface area contributed by atoms with Crippen LogP contribution in [0.25, 0.3) is 0 Å². The predicted molar refractivity (Wildman–Crippen MR) is 121 cm³/mol. The quantitative estimate of drug-likeness (QED) is 0.415. The normalized spacial score (nSPS) is 19.4. The van der Waals surface area contributed by atoms with E-state index in [1.807, 2.05) is 0 Å². The molecule has 3 heterocycles. The Morgan fingerprint density at radius 1 is 1.32 bits per heavy atom. The number of aromatic nitrogens is 2. The van der Waals surface area contributed by atoms with Gasteiger partial charge >= 0.3 is 6.18 Å². The molecule has 188 valence electrons. The molecule has 1 aromatic heterocycles. The van der Waals surface area contributed by atoms with Crippen molar-refractivity contribution in [3.63, 3.8) is 0 Å². The number of hydrogen-bond donors (Lipinski definition) is 4. The SMILES string of the molecule is Cc1nn(C(C)(C)C(N)=O)cc1NC1=NC(NCCCN2CCCCC2=O)C(C(F)(F)F)=CN1. The van der Waals surface area contributed by atoms with E-state index in [1.54, 1.807) is 31.9 Å². The molecule has 1 saturated heterocycles. The summed E-state index contributed by atoms with van der Waals surface area (Å²) in [5.74, 6) is -0.400. The lowest BCUT2D eigenvalue weighted by Crippen LogP contribution is -2.44. The molecule has 0 saturated carbocycles. The van der Waals surface area contributed by atoms with Gasteiger partial charge in [0.2, 0.25) is 17.8 Å². The smallest absolute Gasteiger partial charge is 0.368 e. The summed E-state index contributed by atoms with van der Waals surface area (Å²) >= 11 is 0. The van der Waals surface area contributed by atoms with Gasteiger partial charge in [-0.25, -0.2) is 4.99 Å². The van der Waals surface area contributed by atoms with E-state index in [0.717, 1.165) is 19.0 Å². The Bertz CT molecular complexity index is 983. The van der Waals surface area contributed by atoms with Crippen LogP contribution in [0.5, 0.6) is 0 Å². The third-order valence-corrected chi connectivity index (χ3v) is 5.94. The van der Waals surface area contributed by atoms with Crippen molar-refractivity contribution in [3.05, 3.63) is 23.7 Å². The van der Waals surface area contributed by atoms with E-state index in [1.165, 1.54) is 4.68 Å². The highest BCUT2D eigenvalue weighted by atomic mass is 19.4. The van der Waals surface area contributed by atoms with Crippen LogP contribution in [0.3, 0.4) is 0 Å². The van der Waals surface area contributed by atoms with Crippen molar-refractivity contribution in [2.75, 3.05) is 25.0 Å². The van der Waals surface area contributed by atoms with Crippen LogP contribution in [0, 0.1) is 6.92 Å². The number of amides is 2. The van der Waals surface area contributed by atoms with Gasteiger partial charge in [-0.05, 0) is 46.6 Å². The molecule has 34 heavy (non-hydrogen) atoms. The van der Waals surface area contributed by atoms with Crippen molar-refractivity contribution in [3.8, 4) is 0 Å². The number of nitrogens with zero attached hydrogens (tertiary/aromatic N) is 4. The minimum absolute atomic E-state index is 0.0870. The molecule has 10 nitrogen and oxygen atoms in total. The van der Waals surface area contributed by atoms with Gasteiger partial charge in [-0.3, -0.25) is 19.6 Å². The Balaban J connectivity index is 1.67. The number of likely N-dealkylation sites (tertiary alicyclic amines) is 1. The van der Waals surface area contributed by atoms with Crippen molar-refractivity contribution in [1.82, 2.24) is 25.3 Å². The Morgan fingerprint density at radius 3 is 2.71 bits per heavy atom. The number of hydrogen-bond acceptors (Lipinski definition) is 7. The fourth-order valence-corrected chi connectivity index (χ4v) is 3.64. The monoisotopic (exact) mass is 484 g/mol. The zero-order chi connectivity index (χ0) is 25.1. The van der Waals surface area contributed by atoms with Crippen LogP contribution >= 0.6 is 0 Å². The van der Waals surface area contributed by atoms with Crippen LogP contribution in [0.15, 0.2) is 23.0 Å². The van der Waals surface area contributed by atoms with Crippen LogP contribution in [-0.4, -0.2) is 64.4 Å². The molecule has 13 heteroatoms. The molecule has 0 radical (unpaired) electrons. The summed E-state index contributed by atoms with van der Waals surface area (Å²) in [7, 11) is 0. The highest BCUT2D eigenvalue weighted by Crippen LogP contribution is 2.30. The number of primary amides is 1. The van der Waals surface area contributed by atoms with E-state index in [-0.39, 0.29) is 18.4 Å². The van der Waals surface area contributed by atoms with Crippen molar-refractivity contribution in [2.24, 2.45) is 10.7 Å². The Labute approximate surface area is 195 Å². The summed E-state index contributed by atoms with van der Waals surface area (Å²) in [5, 5.41) is 12.6. The molecule has 1 aromatic rings. The van der Waals surface area contributed by atoms with Crippen LogP contribution < -0.4 is 21.7 Å². The second-order valence-corrected chi connectivity index (χ2v) is 8.89. The Kier molecular flexibility index (Phi) is 7.54. The average Bonchev–Trinajstić information content (AvgIpc) is 3.12. The number of aryl methyl sites for hydroxylation is 1. The third kappa shape index (κ3) is 5.88. The van der Waals surface area contributed by atoms with Crippen LogP contribution in [-0.2, 0) is 15.1 Å². The summed E-state index contributed by atoms with van der Waals surface area (Å²) in [6.45, 7) is 6.34. The maximum Gasteiger partial charge on any atom is 0.417 e. The maximum absolute atomic E-state index is 13.5. The molecular formula is C21H31F3N8O2. The number of aliphatic imine (C=N–C) groups is 1. The standard InChI is InChI=1S/C21H31F3N8O2/c1-13-15(12-32(30-13)20(2,3)18(25)34)28-19-27-11-14(21(22,23)24)17(29-19)26-8-6-10-31-9-5-4-7-16(31)33/h11-12,17,26H,4-10H2,1-3H3,(H2,25,34)(H2,27,28,29). The van der Waals surface area contributed by atoms with Crippen molar-refractivity contribution in [2.45, 2.75) is 64.3 Å². The van der Waals surface area contributed by atoms with Gasteiger partial charge in [-0.15, -0.1) is 0 Å².